The zero-order valence-electron chi connectivity index (χ0n) is 9.54. The van der Waals surface area contributed by atoms with E-state index < -0.39 is 6.09 Å². The number of thiol groups is 1. The van der Waals surface area contributed by atoms with Crippen molar-refractivity contribution in [2.24, 2.45) is 0 Å². The van der Waals surface area contributed by atoms with Gasteiger partial charge in [-0.2, -0.15) is 0 Å². The fourth-order valence-electron chi connectivity index (χ4n) is 1.35. The van der Waals surface area contributed by atoms with Gasteiger partial charge in [0.15, 0.2) is 24.0 Å². The van der Waals surface area contributed by atoms with Gasteiger partial charge in [0.25, 0.3) is 5.91 Å². The summed E-state index contributed by atoms with van der Waals surface area (Å²) in [6, 6.07) is 3.14. The summed E-state index contributed by atoms with van der Waals surface area (Å²) in [7, 11) is 0. The molecule has 2 amide bonds. The van der Waals surface area contributed by atoms with Gasteiger partial charge in [0.05, 0.1) is 6.61 Å². The Bertz CT molecular complexity index is 494. The van der Waals surface area contributed by atoms with E-state index in [0.29, 0.717) is 5.75 Å². The number of fused-ring (bicyclic) bond motifs is 1. The lowest BCUT2D eigenvalue weighted by molar-refractivity contribution is -0.118. The van der Waals surface area contributed by atoms with Crippen LogP contribution in [0.2, 0.25) is 0 Å². The summed E-state index contributed by atoms with van der Waals surface area (Å²) in [5, 5.41) is 2.54. The van der Waals surface area contributed by atoms with Crippen LogP contribution in [0.3, 0.4) is 0 Å². The van der Waals surface area contributed by atoms with Gasteiger partial charge in [-0.1, -0.05) is 12.8 Å². The first kappa shape index (κ1) is 12.5. The molecule has 0 radical (unpaired) electrons. The molecule has 96 valence electrons. The van der Waals surface area contributed by atoms with Gasteiger partial charge in [-0.3, -0.25) is 4.79 Å². The van der Waals surface area contributed by atoms with Crippen molar-refractivity contribution in [2.75, 3.05) is 22.8 Å². The summed E-state index contributed by atoms with van der Waals surface area (Å²) < 4.78 is 10.9. The molecule has 0 aromatic carbocycles. The summed E-state index contributed by atoms with van der Waals surface area (Å²) in [5.74, 6) is 0.645. The molecule has 8 heteroatoms. The van der Waals surface area contributed by atoms with E-state index in [9.17, 15) is 9.59 Å². The fourth-order valence-corrected chi connectivity index (χ4v) is 1.52. The third-order valence-corrected chi connectivity index (χ3v) is 2.49. The highest BCUT2D eigenvalue weighted by Gasteiger charge is 2.21. The van der Waals surface area contributed by atoms with Crippen LogP contribution in [0, 0.1) is 0 Å². The van der Waals surface area contributed by atoms with Crippen molar-refractivity contribution in [1.29, 1.82) is 0 Å². The minimum absolute atomic E-state index is 0.0451. The summed E-state index contributed by atoms with van der Waals surface area (Å²) in [4.78, 5) is 26.6. The minimum atomic E-state index is -0.642. The van der Waals surface area contributed by atoms with Crippen molar-refractivity contribution < 1.29 is 19.1 Å². The predicted molar refractivity (Wildman–Crippen MR) is 66.8 cm³/mol. The highest BCUT2D eigenvalue weighted by atomic mass is 32.1. The summed E-state index contributed by atoms with van der Waals surface area (Å²) >= 11 is 3.98. The number of nitrogens with one attached hydrogen (secondary N) is 1. The number of rotatable bonds is 2. The number of amides is 2. The number of carbonyl (C=O) groups excluding carboxylic acids is 2. The molecule has 1 N–H and O–H groups in total. The second kappa shape index (κ2) is 5.13. The van der Waals surface area contributed by atoms with Crippen molar-refractivity contribution >= 4 is 36.5 Å². The van der Waals surface area contributed by atoms with Crippen LogP contribution in [-0.4, -0.2) is 30.2 Å². The van der Waals surface area contributed by atoms with E-state index in [0.717, 1.165) is 4.31 Å². The van der Waals surface area contributed by atoms with Crippen LogP contribution in [0.1, 0.15) is 6.92 Å². The summed E-state index contributed by atoms with van der Waals surface area (Å²) in [6.07, 6.45) is -0.642. The van der Waals surface area contributed by atoms with Gasteiger partial charge in [0.1, 0.15) is 0 Å². The number of anilines is 2. The smallest absolute Gasteiger partial charge is 0.425 e. The van der Waals surface area contributed by atoms with Crippen LogP contribution < -0.4 is 14.4 Å². The van der Waals surface area contributed by atoms with Gasteiger partial charge in [-0.05, 0) is 19.1 Å². The Labute approximate surface area is 109 Å². The molecule has 0 saturated carbocycles. The van der Waals surface area contributed by atoms with Crippen LogP contribution in [-0.2, 0) is 9.53 Å². The second-order valence-electron chi connectivity index (χ2n) is 3.36. The first-order chi connectivity index (χ1) is 8.61. The molecular formula is C10H11N3O4S. The molecule has 1 aromatic heterocycles. The quantitative estimate of drug-likeness (QED) is 0.789. The van der Waals surface area contributed by atoms with E-state index in [-0.39, 0.29) is 30.8 Å². The molecule has 2 rings (SSSR count). The maximum atomic E-state index is 11.4. The standard InChI is InChI=1S/C10H11N3O4S/c1-2-16-10(15)13(18)7-4-3-6-9(11-7)12-8(14)5-17-6/h3-4,18H,2,5H2,1H3,(H,11,12,14). The molecule has 0 aliphatic carbocycles. The Hall–Kier alpha value is -1.96. The molecule has 0 unspecified atom stereocenters. The molecule has 0 spiro atoms. The van der Waals surface area contributed by atoms with Crippen LogP contribution >= 0.6 is 12.8 Å². The highest BCUT2D eigenvalue weighted by molar-refractivity contribution is 7.82. The molecule has 0 saturated heterocycles. The van der Waals surface area contributed by atoms with Crippen LogP contribution in [0.5, 0.6) is 5.75 Å². The Balaban J connectivity index is 2.22. The molecule has 0 bridgehead atoms. The average molecular weight is 269 g/mol. The van der Waals surface area contributed by atoms with Crippen molar-refractivity contribution in [3.63, 3.8) is 0 Å². The molecule has 1 aliphatic heterocycles. The molecular weight excluding hydrogens is 258 g/mol. The highest BCUT2D eigenvalue weighted by Crippen LogP contribution is 2.28. The van der Waals surface area contributed by atoms with Crippen molar-refractivity contribution in [3.8, 4) is 5.75 Å². The number of nitrogens with zero attached hydrogens (tertiary/aromatic N) is 2. The molecule has 7 nitrogen and oxygen atoms in total. The van der Waals surface area contributed by atoms with E-state index in [1.807, 2.05) is 0 Å². The average Bonchev–Trinajstić information content (AvgIpc) is 2.37. The Morgan fingerprint density at radius 2 is 2.44 bits per heavy atom. The predicted octanol–water partition coefficient (Wildman–Crippen LogP) is 1.22. The third-order valence-electron chi connectivity index (χ3n) is 2.12. The SMILES string of the molecule is CCOC(=O)N(S)c1ccc2c(n1)NC(=O)CO2. The van der Waals surface area contributed by atoms with Crippen molar-refractivity contribution in [1.82, 2.24) is 4.98 Å². The van der Waals surface area contributed by atoms with Gasteiger partial charge in [0, 0.05) is 0 Å². The number of pyridine rings is 1. The molecule has 0 atom stereocenters. The summed E-state index contributed by atoms with van der Waals surface area (Å²) in [5.41, 5.74) is 0. The largest absolute Gasteiger partial charge is 0.480 e. The maximum absolute atomic E-state index is 11.4. The number of ether oxygens (including phenoxy) is 2. The maximum Gasteiger partial charge on any atom is 0.425 e. The van der Waals surface area contributed by atoms with Gasteiger partial charge >= 0.3 is 6.09 Å². The van der Waals surface area contributed by atoms with E-state index in [4.69, 9.17) is 9.47 Å². The van der Waals surface area contributed by atoms with Crippen LogP contribution in [0.25, 0.3) is 0 Å². The lowest BCUT2D eigenvalue weighted by Crippen LogP contribution is -2.27. The number of hydrogen-bond acceptors (Lipinski definition) is 6. The van der Waals surface area contributed by atoms with E-state index in [1.165, 1.54) is 0 Å². The van der Waals surface area contributed by atoms with Gasteiger partial charge in [-0.15, -0.1) is 0 Å². The topological polar surface area (TPSA) is 80.8 Å². The normalized spacial score (nSPS) is 13.1. The number of carbonyl (C=O) groups is 2. The van der Waals surface area contributed by atoms with Crippen LogP contribution in [0.15, 0.2) is 12.1 Å². The molecule has 2 heterocycles. The third kappa shape index (κ3) is 2.48. The van der Waals surface area contributed by atoms with Crippen LogP contribution in [0.4, 0.5) is 16.4 Å². The summed E-state index contributed by atoms with van der Waals surface area (Å²) in [6.45, 7) is 1.88. The molecule has 0 fully saturated rings. The molecule has 18 heavy (non-hydrogen) atoms. The number of hydrogen-bond donors (Lipinski definition) is 2. The van der Waals surface area contributed by atoms with Gasteiger partial charge in [0.2, 0.25) is 0 Å². The molecule has 1 aliphatic rings. The van der Waals surface area contributed by atoms with Gasteiger partial charge in [-0.25, -0.2) is 14.1 Å². The number of aromatic nitrogens is 1. The lowest BCUT2D eigenvalue weighted by atomic mass is 10.3. The lowest BCUT2D eigenvalue weighted by Gasteiger charge is -2.19. The zero-order valence-corrected chi connectivity index (χ0v) is 10.4. The van der Waals surface area contributed by atoms with Gasteiger partial charge < -0.3 is 14.8 Å². The Morgan fingerprint density at radius 1 is 1.67 bits per heavy atom. The fraction of sp³-hybridized carbons (Fsp3) is 0.300. The van der Waals surface area contributed by atoms with Crippen molar-refractivity contribution in [3.05, 3.63) is 12.1 Å². The van der Waals surface area contributed by atoms with E-state index in [1.54, 1.807) is 19.1 Å². The zero-order chi connectivity index (χ0) is 13.1. The first-order valence-electron chi connectivity index (χ1n) is 5.21. The first-order valence-corrected chi connectivity index (χ1v) is 5.61. The van der Waals surface area contributed by atoms with Crippen molar-refractivity contribution in [2.45, 2.75) is 6.92 Å². The molecule has 1 aromatic rings. The Kier molecular flexibility index (Phi) is 3.56. The monoisotopic (exact) mass is 269 g/mol. The van der Waals surface area contributed by atoms with E-state index in [2.05, 4.69) is 23.1 Å². The van der Waals surface area contributed by atoms with E-state index >= 15 is 0 Å². The minimum Gasteiger partial charge on any atom is -0.480 e. The Morgan fingerprint density at radius 3 is 3.17 bits per heavy atom. The second-order valence-corrected chi connectivity index (χ2v) is 3.76.